The van der Waals surface area contributed by atoms with Crippen molar-refractivity contribution in [3.8, 4) is 0 Å². The van der Waals surface area contributed by atoms with Gasteiger partial charge in [-0.1, -0.05) is 0 Å². The van der Waals surface area contributed by atoms with E-state index >= 15 is 0 Å². The minimum absolute atomic E-state index is 0.147. The van der Waals surface area contributed by atoms with Crippen LogP contribution < -0.4 is 5.73 Å². The zero-order valence-corrected chi connectivity index (χ0v) is 10.5. The third kappa shape index (κ3) is 3.31. The molecule has 0 bridgehead atoms. The van der Waals surface area contributed by atoms with Gasteiger partial charge < -0.3 is 10.5 Å². The van der Waals surface area contributed by atoms with Gasteiger partial charge in [-0.2, -0.15) is 5.10 Å². The van der Waals surface area contributed by atoms with Crippen molar-refractivity contribution >= 4 is 11.7 Å². The first kappa shape index (κ1) is 13.1. The van der Waals surface area contributed by atoms with E-state index in [2.05, 4.69) is 5.10 Å². The minimum atomic E-state index is -0.714. The standard InChI is InChI=1S/C13H14FN3O2/c1-17-8-9(7-16-17)4-5-19-13(18)11-6-10(15)2-3-12(11)14/h2-3,6-8H,4-5,15H2,1H3. The van der Waals surface area contributed by atoms with Crippen LogP contribution in [-0.2, 0) is 18.2 Å². The topological polar surface area (TPSA) is 70.1 Å². The van der Waals surface area contributed by atoms with Gasteiger partial charge >= 0.3 is 5.97 Å². The van der Waals surface area contributed by atoms with E-state index in [-0.39, 0.29) is 12.2 Å². The van der Waals surface area contributed by atoms with E-state index in [1.807, 2.05) is 6.20 Å². The molecule has 0 saturated heterocycles. The van der Waals surface area contributed by atoms with Crippen LogP contribution in [0.3, 0.4) is 0 Å². The predicted octanol–water partition coefficient (Wildman–Crippen LogP) is 1.54. The number of aromatic nitrogens is 2. The number of benzene rings is 1. The van der Waals surface area contributed by atoms with Gasteiger partial charge in [0.2, 0.25) is 0 Å². The number of nitrogen functional groups attached to an aromatic ring is 1. The molecule has 19 heavy (non-hydrogen) atoms. The molecule has 1 heterocycles. The summed E-state index contributed by atoms with van der Waals surface area (Å²) in [6, 6.07) is 3.80. The molecule has 5 nitrogen and oxygen atoms in total. The molecule has 0 amide bonds. The first-order valence-corrected chi connectivity index (χ1v) is 5.76. The van der Waals surface area contributed by atoms with E-state index < -0.39 is 11.8 Å². The lowest BCUT2D eigenvalue weighted by Gasteiger charge is -2.05. The van der Waals surface area contributed by atoms with E-state index in [0.717, 1.165) is 11.6 Å². The number of anilines is 1. The number of carbonyl (C=O) groups is 1. The lowest BCUT2D eigenvalue weighted by molar-refractivity contribution is 0.0504. The van der Waals surface area contributed by atoms with E-state index in [1.54, 1.807) is 17.9 Å². The van der Waals surface area contributed by atoms with Crippen molar-refractivity contribution < 1.29 is 13.9 Å². The summed E-state index contributed by atoms with van der Waals surface area (Å²) in [7, 11) is 1.80. The zero-order chi connectivity index (χ0) is 13.8. The summed E-state index contributed by atoms with van der Waals surface area (Å²) in [5.41, 5.74) is 6.62. The monoisotopic (exact) mass is 263 g/mol. The third-order valence-electron chi connectivity index (χ3n) is 2.59. The average Bonchev–Trinajstić information content (AvgIpc) is 2.78. The Bertz CT molecular complexity index is 595. The number of halogens is 1. The SMILES string of the molecule is Cn1cc(CCOC(=O)c2cc(N)ccc2F)cn1. The molecule has 2 N–H and O–H groups in total. The van der Waals surface area contributed by atoms with Crippen LogP contribution >= 0.6 is 0 Å². The number of ether oxygens (including phenoxy) is 1. The van der Waals surface area contributed by atoms with Crippen molar-refractivity contribution in [1.29, 1.82) is 0 Å². The van der Waals surface area contributed by atoms with Crippen LogP contribution in [0, 0.1) is 5.82 Å². The second kappa shape index (κ2) is 5.51. The molecule has 0 aliphatic rings. The molecular formula is C13H14FN3O2. The number of esters is 1. The molecule has 0 unspecified atom stereocenters. The Morgan fingerprint density at radius 3 is 3.00 bits per heavy atom. The lowest BCUT2D eigenvalue weighted by atomic mass is 10.2. The highest BCUT2D eigenvalue weighted by Crippen LogP contribution is 2.13. The first-order chi connectivity index (χ1) is 9.06. The molecule has 1 aromatic heterocycles. The maximum atomic E-state index is 13.4. The highest BCUT2D eigenvalue weighted by Gasteiger charge is 2.13. The molecule has 100 valence electrons. The number of carbonyl (C=O) groups excluding carboxylic acids is 1. The minimum Gasteiger partial charge on any atom is -0.462 e. The molecule has 0 aliphatic carbocycles. The average molecular weight is 263 g/mol. The maximum Gasteiger partial charge on any atom is 0.341 e. The molecule has 0 aliphatic heterocycles. The molecule has 6 heteroatoms. The maximum absolute atomic E-state index is 13.4. The largest absolute Gasteiger partial charge is 0.462 e. The van der Waals surface area contributed by atoms with Crippen LogP contribution in [-0.4, -0.2) is 22.4 Å². The van der Waals surface area contributed by atoms with Gasteiger partial charge in [0.1, 0.15) is 5.82 Å². The summed E-state index contributed by atoms with van der Waals surface area (Å²) in [5, 5.41) is 4.00. The van der Waals surface area contributed by atoms with Crippen molar-refractivity contribution in [2.45, 2.75) is 6.42 Å². The number of rotatable bonds is 4. The summed E-state index contributed by atoms with van der Waals surface area (Å²) in [4.78, 5) is 11.7. The van der Waals surface area contributed by atoms with Crippen LogP contribution in [0.1, 0.15) is 15.9 Å². The first-order valence-electron chi connectivity index (χ1n) is 5.76. The molecule has 0 atom stereocenters. The van der Waals surface area contributed by atoms with Gasteiger partial charge in [-0.25, -0.2) is 9.18 Å². The zero-order valence-electron chi connectivity index (χ0n) is 10.5. The third-order valence-corrected chi connectivity index (χ3v) is 2.59. The number of nitrogens with zero attached hydrogens (tertiary/aromatic N) is 2. The Morgan fingerprint density at radius 1 is 1.53 bits per heavy atom. The summed E-state index contributed by atoms with van der Waals surface area (Å²) < 4.78 is 20.1. The van der Waals surface area contributed by atoms with Crippen LogP contribution in [0.4, 0.5) is 10.1 Å². The number of aryl methyl sites for hydroxylation is 1. The normalized spacial score (nSPS) is 10.4. The van der Waals surface area contributed by atoms with Gasteiger partial charge in [0.15, 0.2) is 0 Å². The Morgan fingerprint density at radius 2 is 2.32 bits per heavy atom. The fraction of sp³-hybridized carbons (Fsp3) is 0.231. The molecular weight excluding hydrogens is 249 g/mol. The smallest absolute Gasteiger partial charge is 0.341 e. The Labute approximate surface area is 109 Å². The van der Waals surface area contributed by atoms with E-state index in [1.165, 1.54) is 12.1 Å². The van der Waals surface area contributed by atoms with Crippen LogP contribution in [0.5, 0.6) is 0 Å². The molecule has 0 spiro atoms. The van der Waals surface area contributed by atoms with Crippen molar-refractivity contribution in [1.82, 2.24) is 9.78 Å². The second-order valence-corrected chi connectivity index (χ2v) is 4.15. The van der Waals surface area contributed by atoms with E-state index in [0.29, 0.717) is 12.1 Å². The summed E-state index contributed by atoms with van der Waals surface area (Å²) in [6.45, 7) is 0.165. The highest BCUT2D eigenvalue weighted by atomic mass is 19.1. The van der Waals surface area contributed by atoms with Crippen LogP contribution in [0.25, 0.3) is 0 Å². The fourth-order valence-electron chi connectivity index (χ4n) is 1.64. The number of nitrogens with two attached hydrogens (primary N) is 1. The van der Waals surface area contributed by atoms with E-state index in [4.69, 9.17) is 10.5 Å². The summed E-state index contributed by atoms with van der Waals surface area (Å²) in [6.07, 6.45) is 4.05. The number of hydrogen-bond donors (Lipinski definition) is 1. The quantitative estimate of drug-likeness (QED) is 0.671. The molecule has 0 saturated carbocycles. The molecule has 1 aromatic carbocycles. The summed E-state index contributed by atoms with van der Waals surface area (Å²) >= 11 is 0. The lowest BCUT2D eigenvalue weighted by Crippen LogP contribution is -2.10. The van der Waals surface area contributed by atoms with Gasteiger partial charge in [0.05, 0.1) is 18.4 Å². The Balaban J connectivity index is 1.92. The second-order valence-electron chi connectivity index (χ2n) is 4.15. The van der Waals surface area contributed by atoms with Crippen molar-refractivity contribution in [2.75, 3.05) is 12.3 Å². The molecule has 0 radical (unpaired) electrons. The Kier molecular flexibility index (Phi) is 3.79. The van der Waals surface area contributed by atoms with E-state index in [9.17, 15) is 9.18 Å². The van der Waals surface area contributed by atoms with Crippen LogP contribution in [0.15, 0.2) is 30.6 Å². The molecule has 2 rings (SSSR count). The fourth-order valence-corrected chi connectivity index (χ4v) is 1.64. The highest BCUT2D eigenvalue weighted by molar-refractivity contribution is 5.90. The van der Waals surface area contributed by atoms with Gasteiger partial charge in [-0.3, -0.25) is 4.68 Å². The molecule has 0 fully saturated rings. The van der Waals surface area contributed by atoms with Gasteiger partial charge in [-0.15, -0.1) is 0 Å². The van der Waals surface area contributed by atoms with Crippen molar-refractivity contribution in [3.05, 3.63) is 47.5 Å². The predicted molar refractivity (Wildman–Crippen MR) is 68.0 cm³/mol. The number of hydrogen-bond acceptors (Lipinski definition) is 4. The van der Waals surface area contributed by atoms with Crippen LogP contribution in [0.2, 0.25) is 0 Å². The van der Waals surface area contributed by atoms with Crippen molar-refractivity contribution in [3.63, 3.8) is 0 Å². The Hall–Kier alpha value is -2.37. The van der Waals surface area contributed by atoms with Gasteiger partial charge in [-0.05, 0) is 23.8 Å². The van der Waals surface area contributed by atoms with Crippen molar-refractivity contribution in [2.24, 2.45) is 7.05 Å². The summed E-state index contributed by atoms with van der Waals surface area (Å²) in [5.74, 6) is -1.35. The van der Waals surface area contributed by atoms with Gasteiger partial charge in [0.25, 0.3) is 0 Å². The van der Waals surface area contributed by atoms with Gasteiger partial charge in [0, 0.05) is 25.4 Å². The molecule has 2 aromatic rings.